The van der Waals surface area contributed by atoms with Crippen molar-refractivity contribution in [1.82, 2.24) is 14.3 Å². The van der Waals surface area contributed by atoms with Crippen LogP contribution in [0.5, 0.6) is 0 Å². The number of nitrogens with zero attached hydrogens (tertiary/aromatic N) is 3. The van der Waals surface area contributed by atoms with Crippen molar-refractivity contribution < 1.29 is 23.1 Å². The minimum atomic E-state index is -4.33. The van der Waals surface area contributed by atoms with Crippen LogP contribution in [0.1, 0.15) is 25.3 Å². The zero-order chi connectivity index (χ0) is 23.2. The number of aliphatic carboxylic acids is 1. The summed E-state index contributed by atoms with van der Waals surface area (Å²) in [6.07, 6.45) is -5.19. The molecule has 1 aromatic heterocycles. The van der Waals surface area contributed by atoms with Crippen molar-refractivity contribution in [3.05, 3.63) is 50.7 Å². The lowest BCUT2D eigenvalue weighted by Crippen LogP contribution is -2.41. The number of carbonyl (C=O) groups is 1. The van der Waals surface area contributed by atoms with E-state index in [1.54, 1.807) is 19.1 Å². The van der Waals surface area contributed by atoms with Crippen molar-refractivity contribution >= 4 is 23.5 Å². The maximum Gasteiger partial charge on any atom is 0.389 e. The molecule has 2 aromatic rings. The molecule has 0 aliphatic rings. The van der Waals surface area contributed by atoms with E-state index in [2.05, 4.69) is 10.4 Å². The summed E-state index contributed by atoms with van der Waals surface area (Å²) in [4.78, 5) is 36.0. The Morgan fingerprint density at radius 2 is 1.90 bits per heavy atom. The van der Waals surface area contributed by atoms with Crippen LogP contribution in [0.15, 0.2) is 38.8 Å². The Morgan fingerprint density at radius 1 is 1.26 bits per heavy atom. The van der Waals surface area contributed by atoms with Crippen molar-refractivity contribution in [2.24, 2.45) is 7.05 Å². The Labute approximate surface area is 180 Å². The number of halogens is 3. The van der Waals surface area contributed by atoms with E-state index in [-0.39, 0.29) is 18.8 Å². The predicted octanol–water partition coefficient (Wildman–Crippen LogP) is 2.50. The van der Waals surface area contributed by atoms with Gasteiger partial charge in [0.05, 0.1) is 0 Å². The van der Waals surface area contributed by atoms with Gasteiger partial charge in [0.2, 0.25) is 5.82 Å². The van der Waals surface area contributed by atoms with E-state index in [4.69, 9.17) is 5.11 Å². The van der Waals surface area contributed by atoms with Gasteiger partial charge in [0, 0.05) is 31.5 Å². The Morgan fingerprint density at radius 3 is 2.48 bits per heavy atom. The van der Waals surface area contributed by atoms with Crippen LogP contribution >= 0.6 is 11.8 Å². The number of aromatic nitrogens is 3. The molecule has 0 bridgehead atoms. The van der Waals surface area contributed by atoms with Crippen LogP contribution in [0, 0.1) is 0 Å². The molecule has 0 spiro atoms. The molecule has 1 heterocycles. The molecule has 2 rings (SSSR count). The number of thioether (sulfide) groups is 1. The number of carboxylic acid groups (broad SMARTS) is 1. The monoisotopic (exact) mass is 460 g/mol. The average molecular weight is 460 g/mol. The van der Waals surface area contributed by atoms with E-state index in [1.165, 1.54) is 18.8 Å². The van der Waals surface area contributed by atoms with E-state index in [0.717, 1.165) is 19.7 Å². The third kappa shape index (κ3) is 7.46. The topological polar surface area (TPSA) is 106 Å². The molecule has 0 saturated carbocycles. The molecule has 1 unspecified atom stereocenters. The number of rotatable bonds is 10. The first-order chi connectivity index (χ1) is 14.5. The van der Waals surface area contributed by atoms with E-state index < -0.39 is 35.1 Å². The van der Waals surface area contributed by atoms with E-state index >= 15 is 0 Å². The van der Waals surface area contributed by atoms with Gasteiger partial charge in [-0.05, 0) is 37.5 Å². The highest BCUT2D eigenvalue weighted by atomic mass is 32.2. The van der Waals surface area contributed by atoms with Crippen LogP contribution in [-0.2, 0) is 24.8 Å². The van der Waals surface area contributed by atoms with Gasteiger partial charge in [-0.3, -0.25) is 14.2 Å². The van der Waals surface area contributed by atoms with Crippen LogP contribution in [0.3, 0.4) is 0 Å². The Bertz CT molecular complexity index is 1020. The second-order valence-electron chi connectivity index (χ2n) is 6.86. The Kier molecular flexibility index (Phi) is 8.31. The lowest BCUT2D eigenvalue weighted by molar-refractivity contribution is -0.137. The molecular weight excluding hydrogens is 437 g/mol. The molecule has 0 aliphatic heterocycles. The number of anilines is 1. The summed E-state index contributed by atoms with van der Waals surface area (Å²) in [5, 5.41) is 15.1. The van der Waals surface area contributed by atoms with Crippen LogP contribution in [-0.4, -0.2) is 43.4 Å². The van der Waals surface area contributed by atoms with Crippen LogP contribution in [0.4, 0.5) is 19.0 Å². The molecule has 0 fully saturated rings. The SMILES string of the molecule is CC(Sc1ccc(CCNc2nn(CCCC(F)(F)F)c(=O)n(C)c2=O)cc1)C(=O)O. The average Bonchev–Trinajstić information content (AvgIpc) is 2.69. The summed E-state index contributed by atoms with van der Waals surface area (Å²) in [6, 6.07) is 7.28. The summed E-state index contributed by atoms with van der Waals surface area (Å²) in [7, 11) is 1.24. The highest BCUT2D eigenvalue weighted by molar-refractivity contribution is 8.00. The molecular formula is C19H23F3N4O4S. The first-order valence-electron chi connectivity index (χ1n) is 9.45. The number of aryl methyl sites for hydroxylation is 1. The normalized spacial score (nSPS) is 12.5. The van der Waals surface area contributed by atoms with Gasteiger partial charge in [0.25, 0.3) is 5.56 Å². The van der Waals surface area contributed by atoms with Gasteiger partial charge in [-0.25, -0.2) is 9.48 Å². The van der Waals surface area contributed by atoms with E-state index in [0.29, 0.717) is 13.0 Å². The number of nitrogens with one attached hydrogen (secondary N) is 1. The van der Waals surface area contributed by atoms with E-state index in [9.17, 15) is 27.6 Å². The molecule has 0 amide bonds. The van der Waals surface area contributed by atoms with Gasteiger partial charge in [-0.15, -0.1) is 16.9 Å². The number of hydrogen-bond acceptors (Lipinski definition) is 6. The third-order valence-corrected chi connectivity index (χ3v) is 5.46. The zero-order valence-corrected chi connectivity index (χ0v) is 17.8. The second-order valence-corrected chi connectivity index (χ2v) is 8.27. The number of benzene rings is 1. The smallest absolute Gasteiger partial charge is 0.389 e. The molecule has 1 aromatic carbocycles. The maximum atomic E-state index is 12.3. The molecule has 2 N–H and O–H groups in total. The quantitative estimate of drug-likeness (QED) is 0.525. The summed E-state index contributed by atoms with van der Waals surface area (Å²) in [5.41, 5.74) is -0.511. The third-order valence-electron chi connectivity index (χ3n) is 4.36. The fraction of sp³-hybridized carbons (Fsp3) is 0.474. The van der Waals surface area contributed by atoms with Crippen molar-refractivity contribution in [2.45, 2.75) is 49.1 Å². The molecule has 1 atom stereocenters. The Hall–Kier alpha value is -2.76. The number of alkyl halides is 3. The van der Waals surface area contributed by atoms with E-state index in [1.807, 2.05) is 12.1 Å². The van der Waals surface area contributed by atoms with Crippen molar-refractivity contribution in [2.75, 3.05) is 11.9 Å². The van der Waals surface area contributed by atoms with Crippen LogP contribution in [0.25, 0.3) is 0 Å². The summed E-state index contributed by atoms with van der Waals surface area (Å²) >= 11 is 1.22. The fourth-order valence-corrected chi connectivity index (χ4v) is 3.43. The second kappa shape index (κ2) is 10.5. The molecule has 12 heteroatoms. The number of hydrogen-bond donors (Lipinski definition) is 2. The van der Waals surface area contributed by atoms with Gasteiger partial charge in [0.1, 0.15) is 5.25 Å². The van der Waals surface area contributed by atoms with Gasteiger partial charge < -0.3 is 10.4 Å². The van der Waals surface area contributed by atoms with Crippen molar-refractivity contribution in [1.29, 1.82) is 0 Å². The number of carboxylic acids is 1. The zero-order valence-electron chi connectivity index (χ0n) is 17.0. The summed E-state index contributed by atoms with van der Waals surface area (Å²) in [5.74, 6) is -1.01. The first-order valence-corrected chi connectivity index (χ1v) is 10.3. The molecule has 0 aliphatic carbocycles. The largest absolute Gasteiger partial charge is 0.480 e. The molecule has 0 radical (unpaired) electrons. The highest BCUT2D eigenvalue weighted by Gasteiger charge is 2.26. The van der Waals surface area contributed by atoms with Crippen LogP contribution < -0.4 is 16.6 Å². The summed E-state index contributed by atoms with van der Waals surface area (Å²) < 4.78 is 38.6. The Balaban J connectivity index is 1.99. The fourth-order valence-electron chi connectivity index (χ4n) is 2.63. The maximum absolute atomic E-state index is 12.3. The standard InChI is InChI=1S/C19H23F3N4O4S/c1-12(17(28)29)31-14-6-4-13(5-7-14)8-10-23-15-16(27)25(2)18(30)26(24-15)11-3-9-19(20,21)22/h4-7,12H,3,8-11H2,1-2H3,(H,23,24)(H,28,29). The minimum Gasteiger partial charge on any atom is -0.480 e. The lowest BCUT2D eigenvalue weighted by atomic mass is 10.1. The molecule has 8 nitrogen and oxygen atoms in total. The molecule has 31 heavy (non-hydrogen) atoms. The predicted molar refractivity (Wildman–Crippen MR) is 111 cm³/mol. The molecule has 170 valence electrons. The van der Waals surface area contributed by atoms with Crippen molar-refractivity contribution in [3.63, 3.8) is 0 Å². The summed E-state index contributed by atoms with van der Waals surface area (Å²) in [6.45, 7) is 1.65. The van der Waals surface area contributed by atoms with Crippen molar-refractivity contribution in [3.8, 4) is 0 Å². The highest BCUT2D eigenvalue weighted by Crippen LogP contribution is 2.23. The van der Waals surface area contributed by atoms with Gasteiger partial charge in [0.15, 0.2) is 0 Å². The first kappa shape index (κ1) is 24.5. The van der Waals surface area contributed by atoms with Gasteiger partial charge in [-0.2, -0.15) is 13.2 Å². The minimum absolute atomic E-state index is 0.114. The van der Waals surface area contributed by atoms with Gasteiger partial charge >= 0.3 is 17.8 Å². The van der Waals surface area contributed by atoms with Crippen LogP contribution in [0.2, 0.25) is 0 Å². The van der Waals surface area contributed by atoms with Gasteiger partial charge in [-0.1, -0.05) is 12.1 Å². The molecule has 0 saturated heterocycles. The lowest BCUT2D eigenvalue weighted by Gasteiger charge is -2.12.